The van der Waals surface area contributed by atoms with Gasteiger partial charge < -0.3 is 4.57 Å². The molecule has 3 nitrogen and oxygen atoms in total. The van der Waals surface area contributed by atoms with Crippen LogP contribution in [0.25, 0.3) is 82.4 Å². The van der Waals surface area contributed by atoms with E-state index in [-0.39, 0.29) is 0 Å². The fourth-order valence-electron chi connectivity index (χ4n) is 7.58. The van der Waals surface area contributed by atoms with Crippen molar-refractivity contribution in [3.05, 3.63) is 175 Å². The summed E-state index contributed by atoms with van der Waals surface area (Å²) in [5.74, 6) is 0. The Kier molecular flexibility index (Phi) is 6.58. The molecule has 226 valence electrons. The number of para-hydroxylation sites is 2. The van der Waals surface area contributed by atoms with Gasteiger partial charge in [0.1, 0.15) is 0 Å². The number of hydrogen-bond donors (Lipinski definition) is 0. The van der Waals surface area contributed by atoms with Gasteiger partial charge in [0, 0.05) is 27.6 Å². The van der Waals surface area contributed by atoms with E-state index in [0.29, 0.717) is 11.1 Å². The maximum absolute atomic E-state index is 10.7. The van der Waals surface area contributed by atoms with Gasteiger partial charge in [-0.25, -0.2) is 0 Å². The van der Waals surface area contributed by atoms with Crippen LogP contribution in [0.15, 0.2) is 164 Å². The molecule has 0 radical (unpaired) electrons. The summed E-state index contributed by atoms with van der Waals surface area (Å²) in [4.78, 5) is 0. The van der Waals surface area contributed by atoms with E-state index in [9.17, 15) is 10.5 Å². The number of nitriles is 2. The Morgan fingerprint density at radius 3 is 1.39 bits per heavy atom. The van der Waals surface area contributed by atoms with Crippen molar-refractivity contribution in [1.29, 1.82) is 10.5 Å². The molecule has 0 spiro atoms. The Labute approximate surface area is 283 Å². The Bertz CT molecular complexity index is 2740. The molecule has 0 bridgehead atoms. The van der Waals surface area contributed by atoms with Crippen molar-refractivity contribution in [2.75, 3.05) is 0 Å². The smallest absolute Gasteiger partial charge is 0.0998 e. The molecular formula is C46H27N3. The average molecular weight is 622 g/mol. The minimum atomic E-state index is 0.522. The van der Waals surface area contributed by atoms with E-state index in [1.807, 2.05) is 42.5 Å². The van der Waals surface area contributed by atoms with Gasteiger partial charge in [0.25, 0.3) is 0 Å². The summed E-state index contributed by atoms with van der Waals surface area (Å²) in [6, 6.07) is 61.1. The van der Waals surface area contributed by atoms with Crippen LogP contribution in [0, 0.1) is 22.7 Å². The molecule has 0 saturated carbocycles. The van der Waals surface area contributed by atoms with Crippen molar-refractivity contribution < 1.29 is 0 Å². The third-order valence-corrected chi connectivity index (χ3v) is 9.66. The standard InChI is InChI=1S/C46H27N3/c47-28-32-27-42(46-39-21-6-4-19-37(39)45(30-13-2-1-3-14-30)38-20-5-7-22-40(38)46)33(29-48)26-41(32)31-15-12-16-34(25-31)49-43-23-10-8-17-35(43)36-18-9-11-24-44(36)49/h1-27H. The van der Waals surface area contributed by atoms with Gasteiger partial charge in [0.2, 0.25) is 0 Å². The second kappa shape index (κ2) is 11.4. The lowest BCUT2D eigenvalue weighted by Gasteiger charge is -2.19. The predicted molar refractivity (Wildman–Crippen MR) is 202 cm³/mol. The molecule has 0 aliphatic heterocycles. The van der Waals surface area contributed by atoms with Crippen molar-refractivity contribution in [2.24, 2.45) is 0 Å². The van der Waals surface area contributed by atoms with E-state index in [1.165, 1.54) is 10.8 Å². The van der Waals surface area contributed by atoms with E-state index in [2.05, 4.69) is 138 Å². The summed E-state index contributed by atoms with van der Waals surface area (Å²) in [6.07, 6.45) is 0. The van der Waals surface area contributed by atoms with Crippen molar-refractivity contribution >= 4 is 43.4 Å². The maximum atomic E-state index is 10.7. The molecule has 3 heteroatoms. The zero-order chi connectivity index (χ0) is 32.9. The van der Waals surface area contributed by atoms with Crippen LogP contribution in [0.5, 0.6) is 0 Å². The fraction of sp³-hybridized carbons (Fsp3) is 0. The minimum absolute atomic E-state index is 0.522. The maximum Gasteiger partial charge on any atom is 0.0998 e. The Balaban J connectivity index is 1.28. The zero-order valence-electron chi connectivity index (χ0n) is 26.4. The lowest BCUT2D eigenvalue weighted by atomic mass is 9.83. The van der Waals surface area contributed by atoms with Crippen LogP contribution in [0.3, 0.4) is 0 Å². The molecule has 0 atom stereocenters. The first-order valence-electron chi connectivity index (χ1n) is 16.3. The van der Waals surface area contributed by atoms with Gasteiger partial charge in [-0.15, -0.1) is 0 Å². The fourth-order valence-corrected chi connectivity index (χ4v) is 7.58. The van der Waals surface area contributed by atoms with Crippen LogP contribution < -0.4 is 0 Å². The predicted octanol–water partition coefficient (Wildman–Crippen LogP) is 11.8. The monoisotopic (exact) mass is 621 g/mol. The molecule has 0 fully saturated rings. The van der Waals surface area contributed by atoms with Gasteiger partial charge in [-0.05, 0) is 80.2 Å². The third kappa shape index (κ3) is 4.42. The van der Waals surface area contributed by atoms with Crippen LogP contribution in [0.4, 0.5) is 0 Å². The number of aromatic nitrogens is 1. The molecule has 0 amide bonds. The van der Waals surface area contributed by atoms with Gasteiger partial charge in [0.15, 0.2) is 0 Å². The topological polar surface area (TPSA) is 52.5 Å². The van der Waals surface area contributed by atoms with Crippen LogP contribution in [0.2, 0.25) is 0 Å². The van der Waals surface area contributed by atoms with E-state index in [4.69, 9.17) is 0 Å². The zero-order valence-corrected chi connectivity index (χ0v) is 26.4. The third-order valence-electron chi connectivity index (χ3n) is 9.66. The highest BCUT2D eigenvalue weighted by molar-refractivity contribution is 6.22. The summed E-state index contributed by atoms with van der Waals surface area (Å²) >= 11 is 0. The first kappa shape index (κ1) is 28.3. The first-order valence-corrected chi connectivity index (χ1v) is 16.3. The van der Waals surface area contributed by atoms with E-state index < -0.39 is 0 Å². The summed E-state index contributed by atoms with van der Waals surface area (Å²) in [7, 11) is 0. The van der Waals surface area contributed by atoms with Crippen LogP contribution in [-0.4, -0.2) is 4.57 Å². The molecule has 0 unspecified atom stereocenters. The van der Waals surface area contributed by atoms with Crippen LogP contribution in [0.1, 0.15) is 11.1 Å². The molecule has 8 aromatic carbocycles. The van der Waals surface area contributed by atoms with Crippen LogP contribution in [-0.2, 0) is 0 Å². The quantitative estimate of drug-likeness (QED) is 0.184. The minimum Gasteiger partial charge on any atom is -0.309 e. The van der Waals surface area contributed by atoms with Gasteiger partial charge in [0.05, 0.1) is 34.3 Å². The van der Waals surface area contributed by atoms with Gasteiger partial charge >= 0.3 is 0 Å². The largest absolute Gasteiger partial charge is 0.309 e. The number of benzene rings is 8. The van der Waals surface area contributed by atoms with E-state index >= 15 is 0 Å². The molecule has 49 heavy (non-hydrogen) atoms. The van der Waals surface area contributed by atoms with Gasteiger partial charge in [-0.3, -0.25) is 0 Å². The van der Waals surface area contributed by atoms with Crippen molar-refractivity contribution in [2.45, 2.75) is 0 Å². The van der Waals surface area contributed by atoms with Crippen molar-refractivity contribution in [1.82, 2.24) is 4.57 Å². The molecule has 0 aliphatic rings. The number of rotatable bonds is 4. The average Bonchev–Trinajstić information content (AvgIpc) is 3.51. The van der Waals surface area contributed by atoms with E-state index in [0.717, 1.165) is 71.6 Å². The second-order valence-electron chi connectivity index (χ2n) is 12.3. The highest BCUT2D eigenvalue weighted by atomic mass is 15.0. The molecule has 0 aliphatic carbocycles. The molecule has 1 aromatic heterocycles. The molecule has 1 heterocycles. The summed E-state index contributed by atoms with van der Waals surface area (Å²) in [5, 5.41) is 28.0. The summed E-state index contributed by atoms with van der Waals surface area (Å²) in [6.45, 7) is 0. The highest BCUT2D eigenvalue weighted by Crippen LogP contribution is 2.45. The Hall–Kier alpha value is -6.94. The molecule has 9 aromatic rings. The molecule has 9 rings (SSSR count). The number of hydrogen-bond acceptors (Lipinski definition) is 2. The van der Waals surface area contributed by atoms with Gasteiger partial charge in [-0.1, -0.05) is 127 Å². The SMILES string of the molecule is N#Cc1cc(-c2c3ccccc3c(-c3ccccc3)c3ccccc23)c(C#N)cc1-c1cccc(-n2c3ccccc3c3ccccc32)c1. The summed E-state index contributed by atoms with van der Waals surface area (Å²) < 4.78 is 2.27. The molecular weight excluding hydrogens is 595 g/mol. The van der Waals surface area contributed by atoms with Crippen LogP contribution >= 0.6 is 0 Å². The highest BCUT2D eigenvalue weighted by Gasteiger charge is 2.21. The second-order valence-corrected chi connectivity index (χ2v) is 12.3. The number of nitrogens with zero attached hydrogens (tertiary/aromatic N) is 3. The molecule has 0 saturated heterocycles. The lowest BCUT2D eigenvalue weighted by molar-refractivity contribution is 1.18. The number of fused-ring (bicyclic) bond motifs is 5. The summed E-state index contributed by atoms with van der Waals surface area (Å²) in [5.41, 5.74) is 9.92. The van der Waals surface area contributed by atoms with E-state index in [1.54, 1.807) is 0 Å². The molecule has 0 N–H and O–H groups in total. The lowest BCUT2D eigenvalue weighted by Crippen LogP contribution is -1.97. The normalized spacial score (nSPS) is 11.2. The van der Waals surface area contributed by atoms with Gasteiger partial charge in [-0.2, -0.15) is 10.5 Å². The Morgan fingerprint density at radius 1 is 0.367 bits per heavy atom. The first-order chi connectivity index (χ1) is 24.2. The van der Waals surface area contributed by atoms with Crippen molar-refractivity contribution in [3.63, 3.8) is 0 Å². The van der Waals surface area contributed by atoms with Crippen molar-refractivity contribution in [3.8, 4) is 51.2 Å². The Morgan fingerprint density at radius 2 is 0.816 bits per heavy atom.